The SMILES string of the molecule is CCN(CC)c1ccc(C2(c3ccc(N(C)C4CCCCC4)cc3)OC(=O)c3cccnc32)cc1. The van der Waals surface area contributed by atoms with Gasteiger partial charge in [-0.2, -0.15) is 0 Å². The van der Waals surface area contributed by atoms with Gasteiger partial charge in [-0.1, -0.05) is 43.5 Å². The lowest BCUT2D eigenvalue weighted by atomic mass is 9.82. The van der Waals surface area contributed by atoms with Crippen molar-refractivity contribution in [2.45, 2.75) is 57.6 Å². The van der Waals surface area contributed by atoms with E-state index in [1.165, 1.54) is 37.8 Å². The maximum absolute atomic E-state index is 13.0. The highest BCUT2D eigenvalue weighted by molar-refractivity contribution is 5.95. The number of fused-ring (bicyclic) bond motifs is 1. The van der Waals surface area contributed by atoms with E-state index in [4.69, 9.17) is 4.74 Å². The van der Waals surface area contributed by atoms with Crippen LogP contribution in [0.1, 0.15) is 73.1 Å². The van der Waals surface area contributed by atoms with Gasteiger partial charge in [-0.25, -0.2) is 4.79 Å². The van der Waals surface area contributed by atoms with Gasteiger partial charge in [0, 0.05) is 54.9 Å². The molecule has 35 heavy (non-hydrogen) atoms. The summed E-state index contributed by atoms with van der Waals surface area (Å²) in [7, 11) is 2.19. The number of carbonyl (C=O) groups is 1. The van der Waals surface area contributed by atoms with Crippen molar-refractivity contribution in [3.63, 3.8) is 0 Å². The van der Waals surface area contributed by atoms with E-state index in [-0.39, 0.29) is 5.97 Å². The quantitative estimate of drug-likeness (QED) is 0.388. The molecule has 0 spiro atoms. The van der Waals surface area contributed by atoms with E-state index in [0.29, 0.717) is 17.3 Å². The Bertz CT molecular complexity index is 1160. The highest BCUT2D eigenvalue weighted by Crippen LogP contribution is 2.46. The summed E-state index contributed by atoms with van der Waals surface area (Å²) < 4.78 is 6.23. The van der Waals surface area contributed by atoms with Crippen LogP contribution in [0.3, 0.4) is 0 Å². The molecule has 1 atom stereocenters. The van der Waals surface area contributed by atoms with E-state index in [1.54, 1.807) is 12.3 Å². The number of rotatable bonds is 7. The minimum absolute atomic E-state index is 0.329. The first-order valence-corrected chi connectivity index (χ1v) is 13.0. The molecule has 2 aromatic carbocycles. The third kappa shape index (κ3) is 4.07. The van der Waals surface area contributed by atoms with Gasteiger partial charge in [-0.05, 0) is 63.1 Å². The second-order valence-electron chi connectivity index (χ2n) is 9.64. The topological polar surface area (TPSA) is 45.7 Å². The average Bonchev–Trinajstić information content (AvgIpc) is 3.23. The largest absolute Gasteiger partial charge is 0.439 e. The first-order valence-electron chi connectivity index (χ1n) is 13.0. The minimum Gasteiger partial charge on any atom is -0.439 e. The predicted molar refractivity (Wildman–Crippen MR) is 141 cm³/mol. The average molecular weight is 470 g/mol. The number of anilines is 2. The van der Waals surface area contributed by atoms with Crippen LogP contribution < -0.4 is 9.80 Å². The molecule has 5 heteroatoms. The van der Waals surface area contributed by atoms with Gasteiger partial charge in [-0.15, -0.1) is 0 Å². The molecule has 2 heterocycles. The van der Waals surface area contributed by atoms with Crippen molar-refractivity contribution in [2.24, 2.45) is 0 Å². The molecule has 182 valence electrons. The van der Waals surface area contributed by atoms with Crippen molar-refractivity contribution in [2.75, 3.05) is 29.9 Å². The Morgan fingerprint density at radius 1 is 0.886 bits per heavy atom. The van der Waals surface area contributed by atoms with Crippen LogP contribution >= 0.6 is 0 Å². The zero-order chi connectivity index (χ0) is 24.4. The summed E-state index contributed by atoms with van der Waals surface area (Å²) in [5.41, 5.74) is 4.31. The fourth-order valence-electron chi connectivity index (χ4n) is 5.76. The van der Waals surface area contributed by atoms with Gasteiger partial charge in [0.25, 0.3) is 0 Å². The van der Waals surface area contributed by atoms with Crippen molar-refractivity contribution < 1.29 is 9.53 Å². The van der Waals surface area contributed by atoms with Crippen molar-refractivity contribution in [1.29, 1.82) is 0 Å². The molecule has 5 nitrogen and oxygen atoms in total. The predicted octanol–water partition coefficient (Wildman–Crippen LogP) is 6.16. The number of aromatic nitrogens is 1. The zero-order valence-electron chi connectivity index (χ0n) is 21.0. The Balaban J connectivity index is 1.56. The lowest BCUT2D eigenvalue weighted by Gasteiger charge is -2.34. The molecule has 0 amide bonds. The molecule has 1 aliphatic heterocycles. The maximum Gasteiger partial charge on any atom is 0.341 e. The van der Waals surface area contributed by atoms with Crippen LogP contribution in [0.2, 0.25) is 0 Å². The van der Waals surface area contributed by atoms with Crippen LogP contribution in [0.25, 0.3) is 0 Å². The molecule has 0 N–H and O–H groups in total. The Morgan fingerprint density at radius 3 is 2.09 bits per heavy atom. The Hall–Kier alpha value is -3.34. The number of ether oxygens (including phenoxy) is 1. The van der Waals surface area contributed by atoms with Crippen molar-refractivity contribution >= 4 is 17.3 Å². The molecule has 1 aromatic heterocycles. The smallest absolute Gasteiger partial charge is 0.341 e. The van der Waals surface area contributed by atoms with Gasteiger partial charge in [0.1, 0.15) is 5.69 Å². The molecule has 3 aromatic rings. The van der Waals surface area contributed by atoms with Gasteiger partial charge >= 0.3 is 5.97 Å². The zero-order valence-corrected chi connectivity index (χ0v) is 21.0. The fourth-order valence-corrected chi connectivity index (χ4v) is 5.76. The molecule has 0 radical (unpaired) electrons. The molecule has 1 saturated carbocycles. The summed E-state index contributed by atoms with van der Waals surface area (Å²) in [6, 6.07) is 21.1. The first-order chi connectivity index (χ1) is 17.1. The van der Waals surface area contributed by atoms with Crippen LogP contribution in [-0.4, -0.2) is 37.1 Å². The van der Waals surface area contributed by atoms with Gasteiger partial charge < -0.3 is 14.5 Å². The third-order valence-corrected chi connectivity index (χ3v) is 7.81. The van der Waals surface area contributed by atoms with Gasteiger partial charge in [-0.3, -0.25) is 4.98 Å². The maximum atomic E-state index is 13.0. The van der Waals surface area contributed by atoms with Crippen molar-refractivity contribution in [1.82, 2.24) is 4.98 Å². The van der Waals surface area contributed by atoms with E-state index < -0.39 is 5.60 Å². The molecule has 5 rings (SSSR count). The monoisotopic (exact) mass is 469 g/mol. The molecule has 2 aliphatic rings. The van der Waals surface area contributed by atoms with E-state index in [1.807, 2.05) is 6.07 Å². The first kappa shape index (κ1) is 23.4. The molecule has 1 fully saturated rings. The molecule has 0 bridgehead atoms. The van der Waals surface area contributed by atoms with Crippen molar-refractivity contribution in [3.8, 4) is 0 Å². The number of carbonyl (C=O) groups excluding carboxylic acids is 1. The van der Waals surface area contributed by atoms with E-state index >= 15 is 0 Å². The van der Waals surface area contributed by atoms with Crippen LogP contribution in [0.15, 0.2) is 66.9 Å². The summed E-state index contributed by atoms with van der Waals surface area (Å²) in [5.74, 6) is -0.329. The van der Waals surface area contributed by atoms with E-state index in [2.05, 4.69) is 84.2 Å². The van der Waals surface area contributed by atoms with Crippen LogP contribution in [0.5, 0.6) is 0 Å². The number of nitrogens with zero attached hydrogens (tertiary/aromatic N) is 3. The fraction of sp³-hybridized carbons (Fsp3) is 0.400. The number of hydrogen-bond donors (Lipinski definition) is 0. The number of esters is 1. The summed E-state index contributed by atoms with van der Waals surface area (Å²) in [6.45, 7) is 6.19. The molecule has 0 saturated heterocycles. The molecule has 1 aliphatic carbocycles. The molecular weight excluding hydrogens is 434 g/mol. The summed E-state index contributed by atoms with van der Waals surface area (Å²) in [4.78, 5) is 22.4. The number of benzene rings is 2. The van der Waals surface area contributed by atoms with Gasteiger partial charge in [0.2, 0.25) is 5.60 Å². The summed E-state index contributed by atoms with van der Waals surface area (Å²) in [5, 5.41) is 0. The summed E-state index contributed by atoms with van der Waals surface area (Å²) in [6.07, 6.45) is 8.18. The number of hydrogen-bond acceptors (Lipinski definition) is 5. The Morgan fingerprint density at radius 2 is 1.49 bits per heavy atom. The molecule has 1 unspecified atom stereocenters. The second kappa shape index (κ2) is 9.73. The normalized spacial score (nSPS) is 19.8. The van der Waals surface area contributed by atoms with Crippen molar-refractivity contribution in [3.05, 3.63) is 89.2 Å². The lowest BCUT2D eigenvalue weighted by Crippen LogP contribution is -2.33. The second-order valence-corrected chi connectivity index (χ2v) is 9.64. The third-order valence-electron chi connectivity index (χ3n) is 7.81. The highest BCUT2D eigenvalue weighted by atomic mass is 16.6. The highest BCUT2D eigenvalue weighted by Gasteiger charge is 2.50. The Labute approximate surface area is 208 Å². The van der Waals surface area contributed by atoms with E-state index in [0.717, 1.165) is 29.9 Å². The van der Waals surface area contributed by atoms with Gasteiger partial charge in [0.15, 0.2) is 0 Å². The van der Waals surface area contributed by atoms with E-state index in [9.17, 15) is 4.79 Å². The summed E-state index contributed by atoms with van der Waals surface area (Å²) >= 11 is 0. The Kier molecular flexibility index (Phi) is 6.50. The number of cyclic esters (lactones) is 1. The number of pyridine rings is 1. The standard InChI is InChI=1S/C30H35N3O2/c1-4-33(5-2)26-19-15-23(16-20-26)30(28-27(29(34)35-30)12-9-21-31-28)22-13-17-25(18-14-22)32(3)24-10-7-6-8-11-24/h9,12-21,24H,4-8,10-11H2,1-3H3. The van der Waals surface area contributed by atoms with Crippen LogP contribution in [0.4, 0.5) is 11.4 Å². The van der Waals surface area contributed by atoms with Crippen LogP contribution in [-0.2, 0) is 10.3 Å². The molecular formula is C30H35N3O2. The lowest BCUT2D eigenvalue weighted by molar-refractivity contribution is 0.0243. The minimum atomic E-state index is -1.06. The van der Waals surface area contributed by atoms with Crippen LogP contribution in [0, 0.1) is 0 Å². The van der Waals surface area contributed by atoms with Gasteiger partial charge in [0.05, 0.1) is 5.56 Å².